The summed E-state index contributed by atoms with van der Waals surface area (Å²) in [6.45, 7) is 1.93. The van der Waals surface area contributed by atoms with Crippen LogP contribution in [0, 0.1) is 6.92 Å². The summed E-state index contributed by atoms with van der Waals surface area (Å²) in [6, 6.07) is 19.2. The Morgan fingerprint density at radius 3 is 2.52 bits per heavy atom. The molecule has 0 atom stereocenters. The zero-order chi connectivity index (χ0) is 16.1. The van der Waals surface area contributed by atoms with Gasteiger partial charge in [-0.15, -0.1) is 0 Å². The van der Waals surface area contributed by atoms with E-state index >= 15 is 0 Å². The lowest BCUT2D eigenvalue weighted by Crippen LogP contribution is -1.99. The molecule has 1 heterocycles. The van der Waals surface area contributed by atoms with E-state index in [1.165, 1.54) is 0 Å². The third-order valence-corrected chi connectivity index (χ3v) is 3.52. The average Bonchev–Trinajstić information content (AvgIpc) is 2.57. The predicted molar refractivity (Wildman–Crippen MR) is 94.9 cm³/mol. The molecule has 23 heavy (non-hydrogen) atoms. The Bertz CT molecular complexity index is 831. The van der Waals surface area contributed by atoms with Gasteiger partial charge in [0.15, 0.2) is 11.6 Å². The second-order valence-corrected chi connectivity index (χ2v) is 5.38. The summed E-state index contributed by atoms with van der Waals surface area (Å²) in [6.07, 6.45) is 1.67. The second-order valence-electron chi connectivity index (χ2n) is 4.98. The number of nitrogens with one attached hydrogen (secondary N) is 1. The van der Waals surface area contributed by atoms with Crippen LogP contribution < -0.4 is 5.43 Å². The Morgan fingerprint density at radius 1 is 1.00 bits per heavy atom. The third-order valence-electron chi connectivity index (χ3n) is 3.17. The maximum atomic E-state index is 6.09. The fourth-order valence-corrected chi connectivity index (χ4v) is 2.27. The van der Waals surface area contributed by atoms with Crippen LogP contribution in [0.4, 0.5) is 5.82 Å². The number of hydrazone groups is 1. The Hall–Kier alpha value is -2.72. The Kier molecular flexibility index (Phi) is 4.64. The summed E-state index contributed by atoms with van der Waals surface area (Å²) in [5.74, 6) is 1.31. The number of halogens is 1. The molecule has 0 unspecified atom stereocenters. The molecule has 0 aliphatic rings. The van der Waals surface area contributed by atoms with Gasteiger partial charge in [0, 0.05) is 27.9 Å². The number of aromatic nitrogens is 2. The fourth-order valence-electron chi connectivity index (χ4n) is 2.09. The van der Waals surface area contributed by atoms with Crippen LogP contribution in [0.15, 0.2) is 65.8 Å². The fraction of sp³-hybridized carbons (Fsp3) is 0.0556. The van der Waals surface area contributed by atoms with E-state index in [0.29, 0.717) is 16.7 Å². The number of nitrogens with zero attached hydrogens (tertiary/aromatic N) is 3. The molecule has 0 radical (unpaired) electrons. The molecule has 5 heteroatoms. The van der Waals surface area contributed by atoms with E-state index in [9.17, 15) is 0 Å². The van der Waals surface area contributed by atoms with Gasteiger partial charge in [0.05, 0.1) is 6.21 Å². The lowest BCUT2D eigenvalue weighted by atomic mass is 10.2. The van der Waals surface area contributed by atoms with Crippen molar-refractivity contribution in [2.75, 3.05) is 5.43 Å². The number of aryl methyl sites for hydroxylation is 1. The standard InChI is InChI=1S/C18H15ClN4/c1-13-11-17(22-18(21-13)14-7-3-2-4-8-14)23-20-12-15-9-5-6-10-16(15)19/h2-12H,1H3,(H,21,22,23)/b20-12+. The Labute approximate surface area is 139 Å². The smallest absolute Gasteiger partial charge is 0.161 e. The highest BCUT2D eigenvalue weighted by Gasteiger charge is 2.04. The minimum Gasteiger partial charge on any atom is -0.261 e. The van der Waals surface area contributed by atoms with Gasteiger partial charge >= 0.3 is 0 Å². The molecule has 0 amide bonds. The molecule has 0 aliphatic carbocycles. The summed E-state index contributed by atoms with van der Waals surface area (Å²) in [7, 11) is 0. The zero-order valence-corrected chi connectivity index (χ0v) is 13.3. The monoisotopic (exact) mass is 322 g/mol. The Balaban J connectivity index is 1.81. The number of hydrogen-bond donors (Lipinski definition) is 1. The molecule has 0 fully saturated rings. The van der Waals surface area contributed by atoms with Gasteiger partial charge in [0.2, 0.25) is 0 Å². The minimum atomic E-state index is 0.639. The van der Waals surface area contributed by atoms with Crippen LogP contribution in [-0.2, 0) is 0 Å². The highest BCUT2D eigenvalue weighted by molar-refractivity contribution is 6.33. The third kappa shape index (κ3) is 3.93. The average molecular weight is 323 g/mol. The summed E-state index contributed by atoms with van der Waals surface area (Å²) < 4.78 is 0. The van der Waals surface area contributed by atoms with Gasteiger partial charge in [-0.3, -0.25) is 5.43 Å². The van der Waals surface area contributed by atoms with E-state index < -0.39 is 0 Å². The van der Waals surface area contributed by atoms with Crippen LogP contribution >= 0.6 is 11.6 Å². The van der Waals surface area contributed by atoms with Crippen molar-refractivity contribution in [3.63, 3.8) is 0 Å². The maximum absolute atomic E-state index is 6.09. The molecule has 4 nitrogen and oxygen atoms in total. The van der Waals surface area contributed by atoms with Crippen LogP contribution in [0.1, 0.15) is 11.3 Å². The molecule has 0 spiro atoms. The molecule has 0 saturated heterocycles. The van der Waals surface area contributed by atoms with Crippen LogP contribution in [0.2, 0.25) is 5.02 Å². The molecule has 2 aromatic carbocycles. The van der Waals surface area contributed by atoms with Gasteiger partial charge in [-0.05, 0) is 13.0 Å². The molecule has 0 bridgehead atoms. The van der Waals surface area contributed by atoms with Gasteiger partial charge in [-0.25, -0.2) is 9.97 Å². The first-order chi connectivity index (χ1) is 11.2. The van der Waals surface area contributed by atoms with Crippen LogP contribution in [0.3, 0.4) is 0 Å². The summed E-state index contributed by atoms with van der Waals surface area (Å²) >= 11 is 6.09. The largest absolute Gasteiger partial charge is 0.261 e. The minimum absolute atomic E-state index is 0.639. The second kappa shape index (κ2) is 7.03. The number of anilines is 1. The van der Waals surface area contributed by atoms with Crippen molar-refractivity contribution in [1.29, 1.82) is 0 Å². The van der Waals surface area contributed by atoms with Gasteiger partial charge < -0.3 is 0 Å². The topological polar surface area (TPSA) is 50.2 Å². The van der Waals surface area contributed by atoms with Gasteiger partial charge in [0.25, 0.3) is 0 Å². The molecule has 3 aromatic rings. The molecule has 0 aliphatic heterocycles. The van der Waals surface area contributed by atoms with E-state index in [1.54, 1.807) is 6.21 Å². The first kappa shape index (κ1) is 15.2. The molecule has 0 saturated carbocycles. The van der Waals surface area contributed by atoms with Crippen LogP contribution in [0.5, 0.6) is 0 Å². The molecule has 1 aromatic heterocycles. The van der Waals surface area contributed by atoms with E-state index in [2.05, 4.69) is 20.5 Å². The Morgan fingerprint density at radius 2 is 1.74 bits per heavy atom. The summed E-state index contributed by atoms with van der Waals surface area (Å²) in [5.41, 5.74) is 5.61. The highest BCUT2D eigenvalue weighted by Crippen LogP contribution is 2.17. The number of benzene rings is 2. The molecule has 3 rings (SSSR count). The van der Waals surface area contributed by atoms with Gasteiger partial charge in [-0.1, -0.05) is 60.1 Å². The van der Waals surface area contributed by atoms with E-state index in [4.69, 9.17) is 11.6 Å². The quantitative estimate of drug-likeness (QED) is 0.566. The van der Waals surface area contributed by atoms with E-state index in [0.717, 1.165) is 16.8 Å². The SMILES string of the molecule is Cc1cc(N/N=C/c2ccccc2Cl)nc(-c2ccccc2)n1. The van der Waals surface area contributed by atoms with Gasteiger partial charge in [0.1, 0.15) is 0 Å². The first-order valence-electron chi connectivity index (χ1n) is 7.17. The van der Waals surface area contributed by atoms with Crippen LogP contribution in [-0.4, -0.2) is 16.2 Å². The normalized spacial score (nSPS) is 10.9. The molecule has 1 N–H and O–H groups in total. The summed E-state index contributed by atoms with van der Waals surface area (Å²) in [5, 5.41) is 4.85. The maximum Gasteiger partial charge on any atom is 0.161 e. The predicted octanol–water partition coefficient (Wildman–Crippen LogP) is 4.55. The van der Waals surface area contributed by atoms with E-state index in [-0.39, 0.29) is 0 Å². The molecule has 114 valence electrons. The van der Waals surface area contributed by atoms with Gasteiger partial charge in [-0.2, -0.15) is 5.10 Å². The van der Waals surface area contributed by atoms with Crippen molar-refractivity contribution in [3.05, 3.63) is 76.9 Å². The van der Waals surface area contributed by atoms with Crippen molar-refractivity contribution >= 4 is 23.6 Å². The van der Waals surface area contributed by atoms with Crippen molar-refractivity contribution in [2.24, 2.45) is 5.10 Å². The zero-order valence-electron chi connectivity index (χ0n) is 12.6. The van der Waals surface area contributed by atoms with Crippen LogP contribution in [0.25, 0.3) is 11.4 Å². The lowest BCUT2D eigenvalue weighted by Gasteiger charge is -2.05. The first-order valence-corrected chi connectivity index (χ1v) is 7.55. The van der Waals surface area contributed by atoms with Crippen molar-refractivity contribution < 1.29 is 0 Å². The van der Waals surface area contributed by atoms with Crippen molar-refractivity contribution in [2.45, 2.75) is 6.92 Å². The summed E-state index contributed by atoms with van der Waals surface area (Å²) in [4.78, 5) is 8.95. The van der Waals surface area contributed by atoms with E-state index in [1.807, 2.05) is 67.6 Å². The number of rotatable bonds is 4. The molecular weight excluding hydrogens is 308 g/mol. The highest BCUT2D eigenvalue weighted by atomic mass is 35.5. The number of hydrogen-bond acceptors (Lipinski definition) is 4. The van der Waals surface area contributed by atoms with Crippen molar-refractivity contribution in [3.8, 4) is 11.4 Å². The van der Waals surface area contributed by atoms with Crippen molar-refractivity contribution in [1.82, 2.24) is 9.97 Å². The molecular formula is C18H15ClN4. The lowest BCUT2D eigenvalue weighted by molar-refractivity contribution is 1.10.